The number of hydrogen-bond acceptors (Lipinski definition) is 11. The van der Waals surface area contributed by atoms with Gasteiger partial charge in [-0.2, -0.15) is 0 Å². The molecule has 11 heteroatoms. The Bertz CT molecular complexity index is 1110. The quantitative estimate of drug-likeness (QED) is 0.243. The van der Waals surface area contributed by atoms with E-state index in [9.17, 15) is 29.1 Å². The highest BCUT2D eigenvalue weighted by atomic mass is 16.6. The lowest BCUT2D eigenvalue weighted by Crippen LogP contribution is -2.59. The van der Waals surface area contributed by atoms with Crippen LogP contribution in [-0.2, 0) is 47.7 Å². The molecule has 254 valence electrons. The van der Waals surface area contributed by atoms with Crippen molar-refractivity contribution in [2.45, 2.75) is 110 Å². The smallest absolute Gasteiger partial charge is 0.344 e. The topological polar surface area (TPSA) is 152 Å². The average Bonchev–Trinajstić information content (AvgIpc) is 3.39. The molecule has 0 heterocycles. The van der Waals surface area contributed by atoms with Gasteiger partial charge in [-0.3, -0.25) is 14.4 Å². The van der Waals surface area contributed by atoms with Crippen LogP contribution in [0.15, 0.2) is 0 Å². The Morgan fingerprint density at radius 3 is 2.02 bits per heavy atom. The summed E-state index contributed by atoms with van der Waals surface area (Å²) in [5.74, 6) is -0.831. The van der Waals surface area contributed by atoms with Crippen molar-refractivity contribution in [1.82, 2.24) is 0 Å². The van der Waals surface area contributed by atoms with Gasteiger partial charge in [-0.25, -0.2) is 9.59 Å². The van der Waals surface area contributed by atoms with Gasteiger partial charge in [-0.15, -0.1) is 0 Å². The SMILES string of the molecule is COC(=O)COC(=O)CCC(=O)OC1CC2C(CCC3CC(O)CCC32C)C2CCC(C(C)CCC(=O)OCC(=O)OC)C12C. The molecule has 4 saturated carbocycles. The monoisotopic (exact) mass is 636 g/mol. The van der Waals surface area contributed by atoms with Gasteiger partial charge in [0.25, 0.3) is 0 Å². The van der Waals surface area contributed by atoms with Crippen LogP contribution in [0.1, 0.15) is 97.8 Å². The van der Waals surface area contributed by atoms with Gasteiger partial charge >= 0.3 is 29.8 Å². The summed E-state index contributed by atoms with van der Waals surface area (Å²) in [4.78, 5) is 60.5. The molecule has 0 spiro atoms. The molecule has 0 saturated heterocycles. The Morgan fingerprint density at radius 1 is 0.756 bits per heavy atom. The second-order valence-corrected chi connectivity index (χ2v) is 14.3. The third kappa shape index (κ3) is 7.66. The maximum absolute atomic E-state index is 13.3. The standard InChI is InChI=1S/C34H52O11/c1-20(6-11-28(36)43-18-31(39)41-4)24-9-10-25-23-8-7-21-16-22(35)14-15-33(21,2)26(23)17-27(34(24,25)3)45-30(38)13-12-29(37)44-19-32(40)42-5/h20-27,35H,6-19H2,1-5H3. The number of hydrogen-bond donors (Lipinski definition) is 1. The molecule has 0 aromatic carbocycles. The van der Waals surface area contributed by atoms with Crippen LogP contribution in [0.2, 0.25) is 0 Å². The fourth-order valence-electron chi connectivity index (χ4n) is 9.82. The zero-order valence-corrected chi connectivity index (χ0v) is 27.5. The highest BCUT2D eigenvalue weighted by Gasteiger charge is 2.65. The molecular weight excluding hydrogens is 584 g/mol. The fraction of sp³-hybridized carbons (Fsp3) is 0.853. The number of carbonyl (C=O) groups excluding carboxylic acids is 5. The summed E-state index contributed by atoms with van der Waals surface area (Å²) in [5.41, 5.74) is -0.242. The number of methoxy groups -OCH3 is 2. The number of rotatable bonds is 12. The van der Waals surface area contributed by atoms with Gasteiger partial charge in [0.1, 0.15) is 6.10 Å². The normalized spacial score (nSPS) is 35.9. The lowest BCUT2D eigenvalue weighted by molar-refractivity contribution is -0.198. The van der Waals surface area contributed by atoms with Crippen molar-refractivity contribution >= 4 is 29.8 Å². The van der Waals surface area contributed by atoms with Gasteiger partial charge in [-0.1, -0.05) is 20.8 Å². The lowest BCUT2D eigenvalue weighted by Gasteiger charge is -2.62. The third-order valence-electron chi connectivity index (χ3n) is 12.2. The zero-order chi connectivity index (χ0) is 32.9. The molecule has 4 aliphatic carbocycles. The van der Waals surface area contributed by atoms with Crippen molar-refractivity contribution in [2.75, 3.05) is 27.4 Å². The number of ether oxygens (including phenoxy) is 5. The molecule has 0 aromatic rings. The van der Waals surface area contributed by atoms with Gasteiger partial charge in [0.2, 0.25) is 0 Å². The van der Waals surface area contributed by atoms with Crippen LogP contribution in [-0.4, -0.2) is 74.6 Å². The van der Waals surface area contributed by atoms with Crippen molar-refractivity contribution in [3.8, 4) is 0 Å². The minimum Gasteiger partial charge on any atom is -0.466 e. The molecule has 10 atom stereocenters. The summed E-state index contributed by atoms with van der Waals surface area (Å²) in [6.45, 7) is 5.89. The van der Waals surface area contributed by atoms with E-state index in [1.165, 1.54) is 14.2 Å². The summed E-state index contributed by atoms with van der Waals surface area (Å²) in [5, 5.41) is 10.5. The number of fused-ring (bicyclic) bond motifs is 5. The van der Waals surface area contributed by atoms with Gasteiger partial charge in [0.05, 0.1) is 33.2 Å². The van der Waals surface area contributed by atoms with Crippen molar-refractivity contribution in [1.29, 1.82) is 0 Å². The number of aliphatic hydroxyl groups excluding tert-OH is 1. The molecule has 0 aromatic heterocycles. The van der Waals surface area contributed by atoms with Crippen LogP contribution in [0.3, 0.4) is 0 Å². The second-order valence-electron chi connectivity index (χ2n) is 14.3. The van der Waals surface area contributed by atoms with Crippen molar-refractivity contribution in [3.05, 3.63) is 0 Å². The number of esters is 5. The van der Waals surface area contributed by atoms with Crippen LogP contribution in [0.5, 0.6) is 0 Å². The van der Waals surface area contributed by atoms with E-state index in [1.54, 1.807) is 0 Å². The van der Waals surface area contributed by atoms with E-state index in [4.69, 9.17) is 14.2 Å². The first-order valence-electron chi connectivity index (χ1n) is 16.7. The van der Waals surface area contributed by atoms with Gasteiger partial charge in [0, 0.05) is 11.8 Å². The summed E-state index contributed by atoms with van der Waals surface area (Å²) in [6, 6.07) is 0. The van der Waals surface area contributed by atoms with E-state index in [1.807, 2.05) is 0 Å². The van der Waals surface area contributed by atoms with Crippen molar-refractivity contribution in [2.24, 2.45) is 46.3 Å². The second kappa shape index (κ2) is 14.8. The molecule has 0 bridgehead atoms. The maximum Gasteiger partial charge on any atom is 0.344 e. The summed E-state index contributed by atoms with van der Waals surface area (Å²) in [7, 11) is 2.45. The van der Waals surface area contributed by atoms with Gasteiger partial charge in [0.15, 0.2) is 13.2 Å². The summed E-state index contributed by atoms with van der Waals surface area (Å²) in [6.07, 6.45) is 7.34. The predicted molar refractivity (Wildman–Crippen MR) is 160 cm³/mol. The number of aliphatic hydroxyl groups is 1. The van der Waals surface area contributed by atoms with Gasteiger partial charge in [-0.05, 0) is 98.7 Å². The van der Waals surface area contributed by atoms with E-state index in [-0.39, 0.29) is 54.1 Å². The molecule has 4 fully saturated rings. The Balaban J connectivity index is 1.50. The van der Waals surface area contributed by atoms with E-state index >= 15 is 0 Å². The first-order chi connectivity index (χ1) is 21.3. The Hall–Kier alpha value is -2.69. The molecule has 45 heavy (non-hydrogen) atoms. The average molecular weight is 637 g/mol. The first-order valence-corrected chi connectivity index (χ1v) is 16.7. The fourth-order valence-corrected chi connectivity index (χ4v) is 9.82. The highest BCUT2D eigenvalue weighted by molar-refractivity contribution is 5.80. The molecule has 4 rings (SSSR count). The Kier molecular flexibility index (Phi) is 11.6. The summed E-state index contributed by atoms with van der Waals surface area (Å²) < 4.78 is 25.4. The Labute approximate surface area is 266 Å². The van der Waals surface area contributed by atoms with E-state index in [0.717, 1.165) is 51.4 Å². The zero-order valence-electron chi connectivity index (χ0n) is 27.5. The molecular formula is C34H52O11. The van der Waals surface area contributed by atoms with Crippen LogP contribution >= 0.6 is 0 Å². The molecule has 0 amide bonds. The minimum absolute atomic E-state index is 0.0684. The van der Waals surface area contributed by atoms with Crippen LogP contribution in [0.4, 0.5) is 0 Å². The molecule has 10 unspecified atom stereocenters. The highest BCUT2D eigenvalue weighted by Crippen LogP contribution is 2.69. The minimum atomic E-state index is -0.672. The number of carbonyl (C=O) groups is 5. The van der Waals surface area contributed by atoms with E-state index in [2.05, 4.69) is 30.2 Å². The predicted octanol–water partition coefficient (Wildman–Crippen LogP) is 4.16. The molecule has 1 N–H and O–H groups in total. The molecule has 11 nitrogen and oxygen atoms in total. The largest absolute Gasteiger partial charge is 0.466 e. The van der Waals surface area contributed by atoms with Crippen molar-refractivity contribution in [3.63, 3.8) is 0 Å². The lowest BCUT2D eigenvalue weighted by atomic mass is 9.43. The first kappa shape index (κ1) is 35.2. The summed E-state index contributed by atoms with van der Waals surface area (Å²) >= 11 is 0. The molecule has 4 aliphatic rings. The van der Waals surface area contributed by atoms with Crippen LogP contribution < -0.4 is 0 Å². The molecule has 0 radical (unpaired) electrons. The van der Waals surface area contributed by atoms with Crippen LogP contribution in [0, 0.1) is 46.3 Å². The third-order valence-corrected chi connectivity index (χ3v) is 12.2. The van der Waals surface area contributed by atoms with Crippen LogP contribution in [0.25, 0.3) is 0 Å². The van der Waals surface area contributed by atoms with Gasteiger partial charge < -0.3 is 28.8 Å². The maximum atomic E-state index is 13.3. The molecule has 0 aliphatic heterocycles. The van der Waals surface area contributed by atoms with E-state index < -0.39 is 43.1 Å². The van der Waals surface area contributed by atoms with Crippen molar-refractivity contribution < 1.29 is 52.8 Å². The Morgan fingerprint density at radius 2 is 1.38 bits per heavy atom. The van der Waals surface area contributed by atoms with E-state index in [0.29, 0.717) is 30.1 Å².